The fraction of sp³-hybridized carbons (Fsp3) is 0.200. The average molecular weight is 500 g/mol. The van der Waals surface area contributed by atoms with Gasteiger partial charge in [-0.05, 0) is 55.8 Å². The molecule has 0 radical (unpaired) electrons. The van der Waals surface area contributed by atoms with Crippen molar-refractivity contribution in [1.29, 1.82) is 0 Å². The smallest absolute Gasteiger partial charge is 0.264 e. The van der Waals surface area contributed by atoms with Gasteiger partial charge in [-0.3, -0.25) is 13.9 Å². The molecule has 9 heteroatoms. The minimum Gasteiger partial charge on any atom is -0.350 e. The first kappa shape index (κ1) is 25.3. The summed E-state index contributed by atoms with van der Waals surface area (Å²) in [6, 6.07) is 20.6. The van der Waals surface area contributed by atoms with Crippen LogP contribution in [0.1, 0.15) is 30.6 Å². The molecule has 0 aliphatic heterocycles. The lowest BCUT2D eigenvalue weighted by Crippen LogP contribution is -2.38. The number of hydrogen-bond donors (Lipinski definition) is 2. The van der Waals surface area contributed by atoms with Crippen LogP contribution in [0.25, 0.3) is 0 Å². The minimum absolute atomic E-state index is 0.0365. The fourth-order valence-electron chi connectivity index (χ4n) is 3.18. The molecule has 0 unspecified atom stereocenters. The third-order valence-electron chi connectivity index (χ3n) is 5.15. The Balaban J connectivity index is 1.90. The van der Waals surface area contributed by atoms with Crippen molar-refractivity contribution >= 4 is 44.8 Å². The molecule has 3 aromatic rings. The van der Waals surface area contributed by atoms with Gasteiger partial charge >= 0.3 is 0 Å². The number of carbonyl (C=O) groups is 2. The number of anilines is 2. The van der Waals surface area contributed by atoms with Crippen LogP contribution in [0, 0.1) is 0 Å². The molecule has 3 rings (SSSR count). The van der Waals surface area contributed by atoms with Crippen molar-refractivity contribution in [3.05, 3.63) is 89.4 Å². The van der Waals surface area contributed by atoms with Gasteiger partial charge in [0.2, 0.25) is 5.91 Å². The maximum atomic E-state index is 13.4. The molecule has 2 N–H and O–H groups in total. The number of sulfonamides is 1. The number of benzene rings is 3. The van der Waals surface area contributed by atoms with Crippen LogP contribution in [-0.4, -0.2) is 32.8 Å². The average Bonchev–Trinajstić information content (AvgIpc) is 2.83. The molecule has 178 valence electrons. The van der Waals surface area contributed by atoms with Crippen molar-refractivity contribution in [2.75, 3.05) is 16.2 Å². The lowest BCUT2D eigenvalue weighted by atomic mass is 10.1. The summed E-state index contributed by atoms with van der Waals surface area (Å²) in [7, 11) is -4.07. The zero-order chi connectivity index (χ0) is 24.7. The molecule has 2 amide bonds. The van der Waals surface area contributed by atoms with E-state index < -0.39 is 22.5 Å². The summed E-state index contributed by atoms with van der Waals surface area (Å²) in [6.45, 7) is 3.32. The van der Waals surface area contributed by atoms with E-state index in [0.29, 0.717) is 5.02 Å². The summed E-state index contributed by atoms with van der Waals surface area (Å²) < 4.78 is 27.8. The highest BCUT2D eigenvalue weighted by molar-refractivity contribution is 7.92. The second-order valence-electron chi connectivity index (χ2n) is 7.68. The highest BCUT2D eigenvalue weighted by atomic mass is 35.5. The van der Waals surface area contributed by atoms with Crippen molar-refractivity contribution in [3.8, 4) is 0 Å². The first-order valence-electron chi connectivity index (χ1n) is 10.8. The molecule has 0 aromatic heterocycles. The number of nitrogens with one attached hydrogen (secondary N) is 2. The number of nitrogens with zero attached hydrogens (tertiary/aromatic N) is 1. The summed E-state index contributed by atoms with van der Waals surface area (Å²) in [6.07, 6.45) is 0.756. The maximum absolute atomic E-state index is 13.4. The zero-order valence-electron chi connectivity index (χ0n) is 18.9. The third-order valence-corrected chi connectivity index (χ3v) is 7.17. The Bertz CT molecular complexity index is 1270. The van der Waals surface area contributed by atoms with E-state index in [0.717, 1.165) is 10.7 Å². The number of hydrogen-bond acceptors (Lipinski definition) is 4. The molecule has 0 heterocycles. The highest BCUT2D eigenvalue weighted by Gasteiger charge is 2.27. The van der Waals surface area contributed by atoms with Gasteiger partial charge in [0.25, 0.3) is 15.9 Å². The Labute approximate surface area is 204 Å². The molecule has 7 nitrogen and oxygen atoms in total. The van der Waals surface area contributed by atoms with Gasteiger partial charge in [-0.2, -0.15) is 0 Å². The van der Waals surface area contributed by atoms with Crippen LogP contribution in [0.3, 0.4) is 0 Å². The number of carbonyl (C=O) groups excluding carboxylic acids is 2. The van der Waals surface area contributed by atoms with Crippen molar-refractivity contribution in [3.63, 3.8) is 0 Å². The number of amides is 2. The fourth-order valence-corrected chi connectivity index (χ4v) is 4.80. The minimum atomic E-state index is -4.07. The quantitative estimate of drug-likeness (QED) is 0.446. The SMILES string of the molecule is CC[C@H](C)NC(=O)c1ccccc1NC(=O)CN(c1cccc(Cl)c1)S(=O)(=O)c1ccccc1. The first-order valence-corrected chi connectivity index (χ1v) is 12.6. The number of para-hydroxylation sites is 1. The van der Waals surface area contributed by atoms with Gasteiger partial charge in [0.15, 0.2) is 0 Å². The summed E-state index contributed by atoms with van der Waals surface area (Å²) in [4.78, 5) is 25.7. The van der Waals surface area contributed by atoms with Crippen LogP contribution < -0.4 is 14.9 Å². The maximum Gasteiger partial charge on any atom is 0.264 e. The molecule has 0 spiro atoms. The van der Waals surface area contributed by atoms with E-state index in [9.17, 15) is 18.0 Å². The largest absolute Gasteiger partial charge is 0.350 e. The van der Waals surface area contributed by atoms with Gasteiger partial charge in [-0.25, -0.2) is 8.42 Å². The Morgan fingerprint density at radius 3 is 2.32 bits per heavy atom. The summed E-state index contributed by atoms with van der Waals surface area (Å²) >= 11 is 6.09. The monoisotopic (exact) mass is 499 g/mol. The topological polar surface area (TPSA) is 95.6 Å². The molecule has 3 aromatic carbocycles. The van der Waals surface area contributed by atoms with Crippen LogP contribution in [0.15, 0.2) is 83.8 Å². The summed E-state index contributed by atoms with van der Waals surface area (Å²) in [5, 5.41) is 5.88. The van der Waals surface area contributed by atoms with Gasteiger partial charge in [-0.1, -0.05) is 54.9 Å². The predicted octanol–water partition coefficient (Wildman–Crippen LogP) is 4.70. The van der Waals surface area contributed by atoms with Crippen molar-refractivity contribution in [1.82, 2.24) is 5.32 Å². The number of rotatable bonds is 9. The van der Waals surface area contributed by atoms with Gasteiger partial charge in [-0.15, -0.1) is 0 Å². The molecule has 0 bridgehead atoms. The molecular formula is C25H26ClN3O4S. The molecule has 1 atom stereocenters. The number of halogens is 1. The molecule has 0 aliphatic carbocycles. The Kier molecular flexibility index (Phi) is 8.31. The van der Waals surface area contributed by atoms with Crippen LogP contribution in [0.5, 0.6) is 0 Å². The molecule has 0 fully saturated rings. The van der Waals surface area contributed by atoms with E-state index in [1.807, 2.05) is 13.8 Å². The third kappa shape index (κ3) is 6.15. The van der Waals surface area contributed by atoms with E-state index in [1.165, 1.54) is 18.2 Å². The van der Waals surface area contributed by atoms with Gasteiger partial charge in [0.1, 0.15) is 6.54 Å². The van der Waals surface area contributed by atoms with Crippen LogP contribution in [-0.2, 0) is 14.8 Å². The molecule has 0 aliphatic rings. The van der Waals surface area contributed by atoms with Crippen molar-refractivity contribution in [2.45, 2.75) is 31.2 Å². The molecule has 34 heavy (non-hydrogen) atoms. The van der Waals surface area contributed by atoms with E-state index >= 15 is 0 Å². The zero-order valence-corrected chi connectivity index (χ0v) is 20.4. The second kappa shape index (κ2) is 11.2. The predicted molar refractivity (Wildman–Crippen MR) is 135 cm³/mol. The standard InChI is InChI=1S/C25H26ClN3O4S/c1-3-18(2)27-25(31)22-14-7-8-15-23(22)28-24(30)17-29(20-11-9-10-19(26)16-20)34(32,33)21-12-5-4-6-13-21/h4-16,18H,3,17H2,1-2H3,(H,27,31)(H,28,30)/t18-/m0/s1. The Morgan fingerprint density at radius 2 is 1.65 bits per heavy atom. The van der Waals surface area contributed by atoms with Crippen molar-refractivity contribution in [2.24, 2.45) is 0 Å². The second-order valence-corrected chi connectivity index (χ2v) is 9.98. The van der Waals surface area contributed by atoms with E-state index in [4.69, 9.17) is 11.6 Å². The lowest BCUT2D eigenvalue weighted by Gasteiger charge is -2.24. The molecular weight excluding hydrogens is 474 g/mol. The normalized spacial score (nSPS) is 12.0. The highest BCUT2D eigenvalue weighted by Crippen LogP contribution is 2.26. The molecule has 0 saturated carbocycles. The van der Waals surface area contributed by atoms with Gasteiger partial charge < -0.3 is 10.6 Å². The van der Waals surface area contributed by atoms with Gasteiger partial charge in [0, 0.05) is 11.1 Å². The van der Waals surface area contributed by atoms with Crippen LogP contribution >= 0.6 is 11.6 Å². The lowest BCUT2D eigenvalue weighted by molar-refractivity contribution is -0.114. The Hall–Kier alpha value is -3.36. The van der Waals surface area contributed by atoms with Crippen LogP contribution in [0.2, 0.25) is 5.02 Å². The van der Waals surface area contributed by atoms with Gasteiger partial charge in [0.05, 0.1) is 21.8 Å². The van der Waals surface area contributed by atoms with E-state index in [1.54, 1.807) is 60.7 Å². The van der Waals surface area contributed by atoms with E-state index in [-0.39, 0.29) is 33.8 Å². The first-order chi connectivity index (χ1) is 16.2. The summed E-state index contributed by atoms with van der Waals surface area (Å²) in [5.41, 5.74) is 0.821. The summed E-state index contributed by atoms with van der Waals surface area (Å²) in [5.74, 6) is -0.933. The van der Waals surface area contributed by atoms with Crippen molar-refractivity contribution < 1.29 is 18.0 Å². The van der Waals surface area contributed by atoms with Crippen LogP contribution in [0.4, 0.5) is 11.4 Å². The Morgan fingerprint density at radius 1 is 0.971 bits per heavy atom. The van der Waals surface area contributed by atoms with E-state index in [2.05, 4.69) is 10.6 Å². The molecule has 0 saturated heterocycles.